The summed E-state index contributed by atoms with van der Waals surface area (Å²) in [4.78, 5) is 25.1. The van der Waals surface area contributed by atoms with Crippen LogP contribution in [0.3, 0.4) is 0 Å². The van der Waals surface area contributed by atoms with Gasteiger partial charge < -0.3 is 10.3 Å². The first-order valence-electron chi connectivity index (χ1n) is 14.0. The first-order chi connectivity index (χ1) is 19.0. The Morgan fingerprint density at radius 2 is 1.27 bits per heavy atom. The Morgan fingerprint density at radius 1 is 0.707 bits per heavy atom. The molecule has 5 aromatic rings. The minimum absolute atomic E-state index is 0.0195. The number of hydrogen-bond acceptors (Lipinski definition) is 4. The number of nitrogens with one attached hydrogen (secondary N) is 3. The van der Waals surface area contributed by atoms with E-state index in [0.717, 1.165) is 27.0 Å². The smallest absolute Gasteiger partial charge is 0.305 e. The molecule has 0 spiro atoms. The van der Waals surface area contributed by atoms with Crippen molar-refractivity contribution in [3.63, 3.8) is 0 Å². The average Bonchev–Trinajstić information content (AvgIpc) is 3.57. The third-order valence-electron chi connectivity index (χ3n) is 7.19. The van der Waals surface area contributed by atoms with E-state index in [1.807, 2.05) is 18.3 Å². The van der Waals surface area contributed by atoms with Crippen LogP contribution in [0.1, 0.15) is 84.6 Å². The SMILES string of the molecule is CC(C)(C)c1ccc2[nH]c(=O)sc2c1.CC(C)(C)c1ccc2[nH]ncc2c1.CC(C)(C)c1ccc2c(c1)CC(=O)N2. The number of benzene rings is 3. The fraction of sp³-hybridized carbons (Fsp3) is 0.382. The van der Waals surface area contributed by atoms with Crippen molar-refractivity contribution in [3.05, 3.63) is 92.7 Å². The van der Waals surface area contributed by atoms with Crippen molar-refractivity contribution in [3.8, 4) is 0 Å². The van der Waals surface area contributed by atoms with Crippen LogP contribution in [0.25, 0.3) is 21.1 Å². The lowest BCUT2D eigenvalue weighted by molar-refractivity contribution is -0.115. The molecule has 0 bridgehead atoms. The zero-order chi connectivity index (χ0) is 30.2. The third kappa shape index (κ3) is 7.53. The fourth-order valence-electron chi connectivity index (χ4n) is 4.52. The van der Waals surface area contributed by atoms with Crippen LogP contribution in [0.4, 0.5) is 5.69 Å². The molecule has 0 fully saturated rings. The molecule has 1 amide bonds. The zero-order valence-electron chi connectivity index (χ0n) is 25.7. The number of carbonyl (C=O) groups excluding carboxylic acids is 1. The standard InChI is InChI=1S/C12H15NO.C11H14N2.C11H13NOS/c1-12(2,3)9-4-5-10-8(6-9)7-11(14)13-10;1-11(2,3)9-4-5-10-8(6-9)7-12-13-10;1-11(2,3)7-4-5-8-9(6-7)14-10(13)12-8/h4-6H,7H2,1-3H3,(H,13,14);4-7H,1-3H3,(H,12,13);4-6H,1-3H3,(H,12,13). The van der Waals surface area contributed by atoms with Gasteiger partial charge in [0.25, 0.3) is 0 Å². The van der Waals surface area contributed by atoms with Crippen LogP contribution in [0.15, 0.2) is 65.6 Å². The van der Waals surface area contributed by atoms with Crippen molar-refractivity contribution in [2.24, 2.45) is 0 Å². The van der Waals surface area contributed by atoms with Crippen molar-refractivity contribution < 1.29 is 4.79 Å². The quantitative estimate of drug-likeness (QED) is 0.175. The molecule has 2 aromatic heterocycles. The first-order valence-corrected chi connectivity index (χ1v) is 14.8. The lowest BCUT2D eigenvalue weighted by atomic mass is 9.86. The largest absolute Gasteiger partial charge is 0.326 e. The fourth-order valence-corrected chi connectivity index (χ4v) is 5.29. The van der Waals surface area contributed by atoms with Crippen LogP contribution in [0.2, 0.25) is 0 Å². The predicted octanol–water partition coefficient (Wildman–Crippen LogP) is 8.23. The second-order valence-corrected chi connectivity index (χ2v) is 14.8. The molecule has 41 heavy (non-hydrogen) atoms. The summed E-state index contributed by atoms with van der Waals surface area (Å²) in [5, 5.41) is 11.0. The highest BCUT2D eigenvalue weighted by Gasteiger charge is 2.21. The first kappa shape index (κ1) is 30.3. The van der Waals surface area contributed by atoms with E-state index >= 15 is 0 Å². The molecule has 0 saturated carbocycles. The maximum Gasteiger partial charge on any atom is 0.305 e. The number of nitrogens with zero attached hydrogens (tertiary/aromatic N) is 1. The van der Waals surface area contributed by atoms with Gasteiger partial charge in [-0.3, -0.25) is 14.7 Å². The maximum absolute atomic E-state index is 11.1. The molecule has 0 atom stereocenters. The Bertz CT molecular complexity index is 1740. The van der Waals surface area contributed by atoms with Gasteiger partial charge in [-0.25, -0.2) is 0 Å². The van der Waals surface area contributed by atoms with Crippen molar-refractivity contribution >= 4 is 44.1 Å². The molecular weight excluding hydrogens is 528 g/mol. The molecule has 7 heteroatoms. The maximum atomic E-state index is 11.1. The van der Waals surface area contributed by atoms with E-state index in [0.29, 0.717) is 6.42 Å². The highest BCUT2D eigenvalue weighted by molar-refractivity contribution is 7.16. The summed E-state index contributed by atoms with van der Waals surface area (Å²) in [6.07, 6.45) is 2.39. The summed E-state index contributed by atoms with van der Waals surface area (Å²) in [6.45, 7) is 19.7. The lowest BCUT2D eigenvalue weighted by Gasteiger charge is -2.19. The van der Waals surface area contributed by atoms with E-state index in [-0.39, 0.29) is 27.0 Å². The van der Waals surface area contributed by atoms with Crippen LogP contribution >= 0.6 is 11.3 Å². The highest BCUT2D eigenvalue weighted by Crippen LogP contribution is 2.30. The molecule has 3 N–H and O–H groups in total. The number of rotatable bonds is 0. The molecule has 1 aliphatic heterocycles. The van der Waals surface area contributed by atoms with Crippen LogP contribution in [-0.2, 0) is 27.5 Å². The number of thiazole rings is 1. The molecule has 0 unspecified atom stereocenters. The number of hydrogen-bond donors (Lipinski definition) is 3. The molecule has 6 nitrogen and oxygen atoms in total. The molecule has 3 aromatic carbocycles. The molecule has 0 saturated heterocycles. The third-order valence-corrected chi connectivity index (χ3v) is 8.03. The summed E-state index contributed by atoms with van der Waals surface area (Å²) in [5.74, 6) is 0.103. The van der Waals surface area contributed by atoms with E-state index in [9.17, 15) is 9.59 Å². The molecule has 0 radical (unpaired) electrons. The monoisotopic (exact) mass is 570 g/mol. The number of aromatic nitrogens is 3. The van der Waals surface area contributed by atoms with Crippen LogP contribution in [0.5, 0.6) is 0 Å². The van der Waals surface area contributed by atoms with E-state index < -0.39 is 0 Å². The normalized spacial score (nSPS) is 13.2. The number of carbonyl (C=O) groups is 1. The van der Waals surface area contributed by atoms with Gasteiger partial charge in [0.05, 0.1) is 28.4 Å². The molecule has 216 valence electrons. The van der Waals surface area contributed by atoms with Gasteiger partial charge in [0.15, 0.2) is 0 Å². The number of anilines is 1. The van der Waals surface area contributed by atoms with E-state index in [4.69, 9.17) is 0 Å². The summed E-state index contributed by atoms with van der Waals surface area (Å²) < 4.78 is 1.04. The molecule has 0 aliphatic carbocycles. The predicted molar refractivity (Wildman–Crippen MR) is 173 cm³/mol. The van der Waals surface area contributed by atoms with Crippen molar-refractivity contribution in [1.29, 1.82) is 0 Å². The van der Waals surface area contributed by atoms with E-state index in [2.05, 4.69) is 125 Å². The van der Waals surface area contributed by atoms with Gasteiger partial charge in [0, 0.05) is 11.1 Å². The van der Waals surface area contributed by atoms with Gasteiger partial charge in [-0.05, 0) is 68.8 Å². The van der Waals surface area contributed by atoms with E-state index in [1.165, 1.54) is 33.4 Å². The number of amides is 1. The Morgan fingerprint density at radius 3 is 1.90 bits per heavy atom. The molecular formula is C34H42N4O2S. The number of aromatic amines is 2. The van der Waals surface area contributed by atoms with E-state index in [1.54, 1.807) is 0 Å². The van der Waals surface area contributed by atoms with Crippen LogP contribution in [-0.4, -0.2) is 21.1 Å². The van der Waals surface area contributed by atoms with Crippen LogP contribution < -0.4 is 10.2 Å². The summed E-state index contributed by atoms with van der Waals surface area (Å²) >= 11 is 1.27. The number of fused-ring (bicyclic) bond motifs is 3. The van der Waals surface area contributed by atoms with Gasteiger partial charge in [0.1, 0.15) is 0 Å². The van der Waals surface area contributed by atoms with Crippen LogP contribution in [0, 0.1) is 0 Å². The van der Waals surface area contributed by atoms with Gasteiger partial charge in [-0.2, -0.15) is 5.10 Å². The Labute approximate surface area is 246 Å². The summed E-state index contributed by atoms with van der Waals surface area (Å²) in [6, 6.07) is 18.8. The number of H-pyrrole nitrogens is 2. The zero-order valence-corrected chi connectivity index (χ0v) is 26.5. The average molecular weight is 571 g/mol. The second kappa shape index (κ2) is 11.3. The summed E-state index contributed by atoms with van der Waals surface area (Å²) in [5.41, 5.74) is 8.55. The lowest BCUT2D eigenvalue weighted by Crippen LogP contribution is -2.10. The van der Waals surface area contributed by atoms with Gasteiger partial charge >= 0.3 is 4.87 Å². The minimum Gasteiger partial charge on any atom is -0.326 e. The van der Waals surface area contributed by atoms with Crippen molar-refractivity contribution in [2.45, 2.75) is 85.0 Å². The van der Waals surface area contributed by atoms with Gasteiger partial charge in [-0.1, -0.05) is 97.9 Å². The van der Waals surface area contributed by atoms with Gasteiger partial charge in [0.2, 0.25) is 5.91 Å². The topological polar surface area (TPSA) is 90.6 Å². The Kier molecular flexibility index (Phi) is 8.33. The minimum atomic E-state index is 0.0195. The summed E-state index contributed by atoms with van der Waals surface area (Å²) in [7, 11) is 0. The highest BCUT2D eigenvalue weighted by atomic mass is 32.1. The second-order valence-electron chi connectivity index (χ2n) is 13.7. The van der Waals surface area contributed by atoms with Gasteiger partial charge in [-0.15, -0.1) is 0 Å². The molecule has 3 heterocycles. The van der Waals surface area contributed by atoms with Crippen molar-refractivity contribution in [2.75, 3.05) is 5.32 Å². The molecule has 1 aliphatic rings. The Balaban J connectivity index is 0.000000142. The molecule has 6 rings (SSSR count). The Hall–Kier alpha value is -3.71. The van der Waals surface area contributed by atoms with Crippen molar-refractivity contribution in [1.82, 2.24) is 15.2 Å².